The third-order valence-electron chi connectivity index (χ3n) is 2.49. The molecule has 80 valence electrons. The predicted octanol–water partition coefficient (Wildman–Crippen LogP) is 5.00. The van der Waals surface area contributed by atoms with Crippen molar-refractivity contribution in [2.24, 2.45) is 11.3 Å². The highest BCUT2D eigenvalue weighted by molar-refractivity contribution is 9.09. The normalized spacial score (nSPS) is 14.4. The molecular weight excluding hydrogens is 280 g/mol. The minimum atomic E-state index is 0.347. The number of rotatable bonds is 3. The molecule has 0 spiro atoms. The first-order chi connectivity index (χ1) is 6.43. The molecule has 0 bridgehead atoms. The largest absolute Gasteiger partial charge is 0.128 e. The lowest BCUT2D eigenvalue weighted by atomic mass is 9.80. The molecule has 0 fully saturated rings. The van der Waals surface area contributed by atoms with E-state index >= 15 is 0 Å². The van der Waals surface area contributed by atoms with Gasteiger partial charge in [-0.2, -0.15) is 0 Å². The topological polar surface area (TPSA) is 0 Å². The van der Waals surface area contributed by atoms with Crippen molar-refractivity contribution in [3.63, 3.8) is 0 Å². The van der Waals surface area contributed by atoms with Crippen molar-refractivity contribution in [1.82, 2.24) is 0 Å². The molecule has 0 aliphatic heterocycles. The summed E-state index contributed by atoms with van der Waals surface area (Å²) in [5.74, 6) is 0.664. The van der Waals surface area contributed by atoms with E-state index in [0.29, 0.717) is 11.3 Å². The first kappa shape index (κ1) is 12.5. The van der Waals surface area contributed by atoms with Crippen LogP contribution in [0.3, 0.4) is 0 Å². The van der Waals surface area contributed by atoms with Crippen molar-refractivity contribution in [3.05, 3.63) is 21.3 Å². The van der Waals surface area contributed by atoms with Crippen LogP contribution in [0, 0.1) is 11.3 Å². The van der Waals surface area contributed by atoms with Gasteiger partial charge in [-0.05, 0) is 29.9 Å². The summed E-state index contributed by atoms with van der Waals surface area (Å²) in [6.45, 7) is 6.86. The third-order valence-corrected chi connectivity index (χ3v) is 4.52. The molecule has 1 atom stereocenters. The maximum atomic E-state index is 5.91. The molecule has 0 aliphatic rings. The van der Waals surface area contributed by atoms with Gasteiger partial charge in [-0.3, -0.25) is 0 Å². The Morgan fingerprint density at radius 2 is 2.07 bits per heavy atom. The van der Waals surface area contributed by atoms with Crippen molar-refractivity contribution in [2.75, 3.05) is 5.33 Å². The van der Waals surface area contributed by atoms with E-state index in [9.17, 15) is 0 Å². The maximum absolute atomic E-state index is 5.91. The first-order valence-corrected chi connectivity index (χ1v) is 7.05. The summed E-state index contributed by atoms with van der Waals surface area (Å²) < 4.78 is 0.891. The van der Waals surface area contributed by atoms with Crippen LogP contribution in [0.1, 0.15) is 25.6 Å². The SMILES string of the molecule is CC(C)(C)C(CBr)Cc1ccc(Cl)s1. The van der Waals surface area contributed by atoms with E-state index in [0.717, 1.165) is 16.1 Å². The van der Waals surface area contributed by atoms with E-state index in [1.165, 1.54) is 4.88 Å². The van der Waals surface area contributed by atoms with Crippen LogP contribution in [-0.4, -0.2) is 5.33 Å². The van der Waals surface area contributed by atoms with E-state index in [1.54, 1.807) is 11.3 Å². The molecule has 1 unspecified atom stereocenters. The second kappa shape index (κ2) is 5.00. The lowest BCUT2D eigenvalue weighted by molar-refractivity contribution is 0.268. The minimum absolute atomic E-state index is 0.347. The molecule has 0 saturated carbocycles. The molecule has 0 saturated heterocycles. The predicted molar refractivity (Wildman–Crippen MR) is 69.8 cm³/mol. The van der Waals surface area contributed by atoms with Gasteiger partial charge in [0.2, 0.25) is 0 Å². The summed E-state index contributed by atoms with van der Waals surface area (Å²) >= 11 is 11.2. The summed E-state index contributed by atoms with van der Waals surface area (Å²) in [5.41, 5.74) is 0.347. The van der Waals surface area contributed by atoms with Gasteiger partial charge in [0.25, 0.3) is 0 Å². The van der Waals surface area contributed by atoms with E-state index in [-0.39, 0.29) is 0 Å². The molecule has 1 aromatic heterocycles. The Labute approximate surface area is 104 Å². The quantitative estimate of drug-likeness (QED) is 0.688. The molecule has 1 heterocycles. The fourth-order valence-corrected chi connectivity index (χ4v) is 3.66. The first-order valence-electron chi connectivity index (χ1n) is 4.73. The molecule has 0 amide bonds. The lowest BCUT2D eigenvalue weighted by Crippen LogP contribution is -2.23. The molecule has 0 nitrogen and oxygen atoms in total. The third kappa shape index (κ3) is 3.56. The van der Waals surface area contributed by atoms with E-state index < -0.39 is 0 Å². The van der Waals surface area contributed by atoms with Crippen LogP contribution in [0.25, 0.3) is 0 Å². The highest BCUT2D eigenvalue weighted by Crippen LogP contribution is 2.33. The zero-order valence-electron chi connectivity index (χ0n) is 8.81. The molecule has 1 rings (SSSR count). The number of hydrogen-bond donors (Lipinski definition) is 0. The number of thiophene rings is 1. The van der Waals surface area contributed by atoms with Crippen LogP contribution in [0.4, 0.5) is 0 Å². The Morgan fingerprint density at radius 3 is 2.43 bits per heavy atom. The molecule has 0 N–H and O–H groups in total. The van der Waals surface area contributed by atoms with Crippen molar-refractivity contribution in [3.8, 4) is 0 Å². The molecular formula is C11H16BrClS. The van der Waals surface area contributed by atoms with Gasteiger partial charge in [0.1, 0.15) is 0 Å². The fourth-order valence-electron chi connectivity index (χ4n) is 1.30. The molecule has 0 aliphatic carbocycles. The monoisotopic (exact) mass is 294 g/mol. The van der Waals surface area contributed by atoms with Crippen LogP contribution in [0.15, 0.2) is 12.1 Å². The summed E-state index contributed by atoms with van der Waals surface area (Å²) in [6.07, 6.45) is 1.12. The molecule has 0 radical (unpaired) electrons. The standard InChI is InChI=1S/C11H16BrClS/c1-11(2,3)8(7-12)6-9-4-5-10(13)14-9/h4-5,8H,6-7H2,1-3H3. The Bertz CT molecular complexity index is 288. The van der Waals surface area contributed by atoms with Gasteiger partial charge in [0.15, 0.2) is 0 Å². The minimum Gasteiger partial charge on any atom is -0.128 e. The average molecular weight is 296 g/mol. The molecule has 14 heavy (non-hydrogen) atoms. The van der Waals surface area contributed by atoms with Crippen LogP contribution in [-0.2, 0) is 6.42 Å². The van der Waals surface area contributed by atoms with Gasteiger partial charge >= 0.3 is 0 Å². The Hall–Kier alpha value is 0.470. The van der Waals surface area contributed by atoms with Gasteiger partial charge in [0.05, 0.1) is 4.34 Å². The van der Waals surface area contributed by atoms with Crippen LogP contribution in [0.5, 0.6) is 0 Å². The van der Waals surface area contributed by atoms with E-state index in [4.69, 9.17) is 11.6 Å². The zero-order valence-corrected chi connectivity index (χ0v) is 12.0. The molecule has 3 heteroatoms. The molecule has 1 aromatic rings. The summed E-state index contributed by atoms with van der Waals surface area (Å²) in [6, 6.07) is 4.11. The summed E-state index contributed by atoms with van der Waals surface area (Å²) in [7, 11) is 0. The van der Waals surface area contributed by atoms with Gasteiger partial charge in [-0.1, -0.05) is 48.3 Å². The highest BCUT2D eigenvalue weighted by atomic mass is 79.9. The number of alkyl halides is 1. The van der Waals surface area contributed by atoms with Crippen LogP contribution < -0.4 is 0 Å². The van der Waals surface area contributed by atoms with Gasteiger partial charge in [0, 0.05) is 10.2 Å². The van der Waals surface area contributed by atoms with Crippen molar-refractivity contribution < 1.29 is 0 Å². The van der Waals surface area contributed by atoms with Gasteiger partial charge in [-0.15, -0.1) is 11.3 Å². The average Bonchev–Trinajstić information content (AvgIpc) is 2.45. The van der Waals surface area contributed by atoms with Crippen molar-refractivity contribution >= 4 is 38.9 Å². The van der Waals surface area contributed by atoms with Crippen molar-refractivity contribution in [1.29, 1.82) is 0 Å². The maximum Gasteiger partial charge on any atom is 0.0931 e. The Kier molecular flexibility index (Phi) is 4.48. The van der Waals surface area contributed by atoms with Crippen molar-refractivity contribution in [2.45, 2.75) is 27.2 Å². The van der Waals surface area contributed by atoms with Gasteiger partial charge < -0.3 is 0 Å². The fraction of sp³-hybridized carbons (Fsp3) is 0.636. The number of halogens is 2. The van der Waals surface area contributed by atoms with Gasteiger partial charge in [-0.25, -0.2) is 0 Å². The molecule has 0 aromatic carbocycles. The lowest BCUT2D eigenvalue weighted by Gasteiger charge is -2.28. The number of hydrogen-bond acceptors (Lipinski definition) is 1. The van der Waals surface area contributed by atoms with Crippen LogP contribution in [0.2, 0.25) is 4.34 Å². The smallest absolute Gasteiger partial charge is 0.0931 e. The Balaban J connectivity index is 2.66. The Morgan fingerprint density at radius 1 is 1.43 bits per heavy atom. The van der Waals surface area contributed by atoms with E-state index in [1.807, 2.05) is 6.07 Å². The highest BCUT2D eigenvalue weighted by Gasteiger charge is 2.24. The summed E-state index contributed by atoms with van der Waals surface area (Å²) in [4.78, 5) is 1.38. The second-order valence-electron chi connectivity index (χ2n) is 4.63. The van der Waals surface area contributed by atoms with E-state index in [2.05, 4.69) is 42.8 Å². The zero-order chi connectivity index (χ0) is 10.8. The summed E-state index contributed by atoms with van der Waals surface area (Å²) in [5, 5.41) is 1.05. The van der Waals surface area contributed by atoms with Crippen LogP contribution >= 0.6 is 38.9 Å². The second-order valence-corrected chi connectivity index (χ2v) is 7.07.